The van der Waals surface area contributed by atoms with Crippen molar-refractivity contribution in [2.24, 2.45) is 0 Å². The number of rotatable bonds is 2. The van der Waals surface area contributed by atoms with Gasteiger partial charge in [0.25, 0.3) is 0 Å². The predicted octanol–water partition coefficient (Wildman–Crippen LogP) is 1.59. The van der Waals surface area contributed by atoms with Gasteiger partial charge in [0.1, 0.15) is 11.6 Å². The summed E-state index contributed by atoms with van der Waals surface area (Å²) in [6, 6.07) is 2.73. The van der Waals surface area contributed by atoms with Crippen molar-refractivity contribution in [1.29, 1.82) is 0 Å². The van der Waals surface area contributed by atoms with E-state index in [1.165, 1.54) is 4.90 Å². The predicted molar refractivity (Wildman–Crippen MR) is 80.8 cm³/mol. The van der Waals surface area contributed by atoms with E-state index in [9.17, 15) is 14.7 Å². The molecule has 120 valence electrons. The number of anilines is 1. The maximum absolute atomic E-state index is 12.2. The Bertz CT molecular complexity index is 541. The van der Waals surface area contributed by atoms with Gasteiger partial charge in [-0.1, -0.05) is 0 Å². The van der Waals surface area contributed by atoms with Gasteiger partial charge >= 0.3 is 12.1 Å². The van der Waals surface area contributed by atoms with E-state index >= 15 is 0 Å². The van der Waals surface area contributed by atoms with Crippen LogP contribution in [0.2, 0.25) is 0 Å². The van der Waals surface area contributed by atoms with Crippen molar-refractivity contribution in [2.75, 3.05) is 24.5 Å². The molecule has 0 radical (unpaired) electrons. The molecule has 1 aliphatic rings. The molecule has 1 atom stereocenters. The largest absolute Gasteiger partial charge is 0.480 e. The lowest BCUT2D eigenvalue weighted by molar-refractivity contribution is -0.143. The van der Waals surface area contributed by atoms with E-state index in [0.717, 1.165) is 5.69 Å². The number of amides is 1. The molecule has 0 aromatic carbocycles. The van der Waals surface area contributed by atoms with Crippen LogP contribution in [0.3, 0.4) is 0 Å². The number of nitrogens with zero attached hydrogens (tertiary/aromatic N) is 3. The van der Waals surface area contributed by atoms with Gasteiger partial charge in [0.05, 0.1) is 11.9 Å². The molecular formula is C15H21N3O4. The third-order valence-electron chi connectivity index (χ3n) is 3.30. The van der Waals surface area contributed by atoms with Crippen LogP contribution in [0.1, 0.15) is 20.8 Å². The second-order valence-corrected chi connectivity index (χ2v) is 6.19. The Balaban J connectivity index is 2.12. The van der Waals surface area contributed by atoms with E-state index in [1.807, 2.05) is 11.0 Å². The van der Waals surface area contributed by atoms with Crippen LogP contribution in [-0.4, -0.2) is 58.3 Å². The molecule has 1 amide bonds. The summed E-state index contributed by atoms with van der Waals surface area (Å²) >= 11 is 0. The van der Waals surface area contributed by atoms with Crippen LogP contribution in [0.25, 0.3) is 0 Å². The molecule has 1 fully saturated rings. The van der Waals surface area contributed by atoms with Crippen molar-refractivity contribution in [2.45, 2.75) is 32.4 Å². The summed E-state index contributed by atoms with van der Waals surface area (Å²) in [5.74, 6) is -1.04. The summed E-state index contributed by atoms with van der Waals surface area (Å²) in [4.78, 5) is 30.9. The molecule has 7 nitrogen and oxygen atoms in total. The number of carboxylic acid groups (broad SMARTS) is 1. The molecule has 2 rings (SSSR count). The number of carbonyl (C=O) groups is 2. The van der Waals surface area contributed by atoms with E-state index in [0.29, 0.717) is 13.1 Å². The molecular weight excluding hydrogens is 286 g/mol. The third-order valence-corrected chi connectivity index (χ3v) is 3.30. The number of carbonyl (C=O) groups excluding carboxylic acids is 1. The average Bonchev–Trinajstić information content (AvgIpc) is 2.45. The zero-order valence-corrected chi connectivity index (χ0v) is 13.0. The highest BCUT2D eigenvalue weighted by Gasteiger charge is 2.37. The maximum Gasteiger partial charge on any atom is 0.411 e. The monoisotopic (exact) mass is 307 g/mol. The van der Waals surface area contributed by atoms with Gasteiger partial charge in [-0.3, -0.25) is 9.88 Å². The lowest BCUT2D eigenvalue weighted by Gasteiger charge is -2.40. The van der Waals surface area contributed by atoms with Gasteiger partial charge in [0.15, 0.2) is 0 Å². The van der Waals surface area contributed by atoms with Crippen molar-refractivity contribution in [3.63, 3.8) is 0 Å². The topological polar surface area (TPSA) is 83.0 Å². The van der Waals surface area contributed by atoms with Gasteiger partial charge in [-0.2, -0.15) is 0 Å². The van der Waals surface area contributed by atoms with Gasteiger partial charge in [-0.25, -0.2) is 9.59 Å². The summed E-state index contributed by atoms with van der Waals surface area (Å²) in [5.41, 5.74) is 0.193. The highest BCUT2D eigenvalue weighted by atomic mass is 16.6. The number of carboxylic acids is 1. The lowest BCUT2D eigenvalue weighted by Crippen LogP contribution is -2.59. The minimum Gasteiger partial charge on any atom is -0.480 e. The molecule has 0 bridgehead atoms. The van der Waals surface area contributed by atoms with E-state index in [1.54, 1.807) is 39.2 Å². The molecule has 7 heteroatoms. The van der Waals surface area contributed by atoms with Crippen LogP contribution in [0.5, 0.6) is 0 Å². The van der Waals surface area contributed by atoms with E-state index in [4.69, 9.17) is 4.74 Å². The maximum atomic E-state index is 12.2. The number of aliphatic carboxylic acids is 1. The van der Waals surface area contributed by atoms with Crippen LogP contribution < -0.4 is 4.90 Å². The Morgan fingerprint density at radius 1 is 1.36 bits per heavy atom. The van der Waals surface area contributed by atoms with Crippen LogP contribution in [0.4, 0.5) is 10.5 Å². The Morgan fingerprint density at radius 2 is 2.09 bits per heavy atom. The van der Waals surface area contributed by atoms with Crippen molar-refractivity contribution in [3.8, 4) is 0 Å². The summed E-state index contributed by atoms with van der Waals surface area (Å²) < 4.78 is 5.29. The minimum absolute atomic E-state index is 0.209. The number of aromatic nitrogens is 1. The minimum atomic E-state index is -1.04. The number of piperazine rings is 1. The number of ether oxygens (including phenoxy) is 1. The molecule has 0 aliphatic carbocycles. The standard InChI is InChI=1S/C15H21N3O4/c1-15(2,3)22-14(21)18-8-7-17(10-12(18)13(19)20)11-5-4-6-16-9-11/h4-6,9,12H,7-8,10H2,1-3H3,(H,19,20)/t12-/m0/s1. The first kappa shape index (κ1) is 16.1. The fourth-order valence-corrected chi connectivity index (χ4v) is 2.31. The molecule has 1 N–H and O–H groups in total. The SMILES string of the molecule is CC(C)(C)OC(=O)N1CCN(c2cccnc2)C[C@H]1C(=O)O. The van der Waals surface area contributed by atoms with Crippen LogP contribution >= 0.6 is 0 Å². The molecule has 0 unspecified atom stereocenters. The first-order chi connectivity index (χ1) is 10.3. The quantitative estimate of drug-likeness (QED) is 0.893. The molecule has 1 aromatic rings. The van der Waals surface area contributed by atoms with Gasteiger partial charge in [0.2, 0.25) is 0 Å². The summed E-state index contributed by atoms with van der Waals surface area (Å²) in [5, 5.41) is 9.43. The van der Waals surface area contributed by atoms with Crippen molar-refractivity contribution in [1.82, 2.24) is 9.88 Å². The Kier molecular flexibility index (Phi) is 4.54. The fraction of sp³-hybridized carbons (Fsp3) is 0.533. The summed E-state index contributed by atoms with van der Waals surface area (Å²) in [6.07, 6.45) is 2.75. The summed E-state index contributed by atoms with van der Waals surface area (Å²) in [7, 11) is 0. The second kappa shape index (κ2) is 6.21. The number of pyridine rings is 1. The number of hydrogen-bond acceptors (Lipinski definition) is 5. The fourth-order valence-electron chi connectivity index (χ4n) is 2.31. The van der Waals surface area contributed by atoms with E-state index < -0.39 is 23.7 Å². The first-order valence-electron chi connectivity index (χ1n) is 7.15. The zero-order valence-electron chi connectivity index (χ0n) is 13.0. The highest BCUT2D eigenvalue weighted by molar-refractivity contribution is 5.81. The first-order valence-corrected chi connectivity index (χ1v) is 7.15. The lowest BCUT2D eigenvalue weighted by atomic mass is 10.1. The second-order valence-electron chi connectivity index (χ2n) is 6.19. The molecule has 1 aliphatic heterocycles. The van der Waals surface area contributed by atoms with Crippen molar-refractivity contribution >= 4 is 17.7 Å². The molecule has 0 spiro atoms. The Morgan fingerprint density at radius 3 is 2.64 bits per heavy atom. The molecule has 1 aromatic heterocycles. The molecule has 2 heterocycles. The smallest absolute Gasteiger partial charge is 0.411 e. The van der Waals surface area contributed by atoms with Gasteiger partial charge in [0, 0.05) is 25.8 Å². The molecule has 22 heavy (non-hydrogen) atoms. The van der Waals surface area contributed by atoms with Crippen LogP contribution in [0, 0.1) is 0 Å². The highest BCUT2D eigenvalue weighted by Crippen LogP contribution is 2.20. The van der Waals surface area contributed by atoms with Crippen LogP contribution in [-0.2, 0) is 9.53 Å². The van der Waals surface area contributed by atoms with E-state index in [-0.39, 0.29) is 6.54 Å². The Labute approximate surface area is 129 Å². The third kappa shape index (κ3) is 3.87. The van der Waals surface area contributed by atoms with Gasteiger partial charge in [-0.05, 0) is 32.9 Å². The number of hydrogen-bond donors (Lipinski definition) is 1. The summed E-state index contributed by atoms with van der Waals surface area (Å²) in [6.45, 7) is 6.31. The van der Waals surface area contributed by atoms with Crippen LogP contribution in [0.15, 0.2) is 24.5 Å². The van der Waals surface area contributed by atoms with Gasteiger partial charge in [-0.15, -0.1) is 0 Å². The van der Waals surface area contributed by atoms with Crippen molar-refractivity contribution < 1.29 is 19.4 Å². The average molecular weight is 307 g/mol. The van der Waals surface area contributed by atoms with Crippen molar-refractivity contribution in [3.05, 3.63) is 24.5 Å². The zero-order chi connectivity index (χ0) is 16.3. The molecule has 1 saturated heterocycles. The Hall–Kier alpha value is -2.31. The van der Waals surface area contributed by atoms with E-state index in [2.05, 4.69) is 4.98 Å². The molecule has 0 saturated carbocycles. The van der Waals surface area contributed by atoms with Gasteiger partial charge < -0.3 is 14.7 Å². The normalized spacial score (nSPS) is 19.0.